The minimum Gasteiger partial charge on any atom is -0.467 e. The lowest BCUT2D eigenvalue weighted by Crippen LogP contribution is -2.64. The maximum absolute atomic E-state index is 13.7. The Morgan fingerprint density at radius 1 is 0.961 bits per heavy atom. The molecule has 0 amide bonds. The Hall–Kier alpha value is -5.35. The number of benzene rings is 1. The molecule has 51 heavy (non-hydrogen) atoms. The lowest BCUT2D eigenvalue weighted by atomic mass is 9.86. The van der Waals surface area contributed by atoms with E-state index < -0.39 is 71.7 Å². The van der Waals surface area contributed by atoms with Gasteiger partial charge in [-0.25, -0.2) is 14.6 Å². The molecule has 3 aliphatic heterocycles. The Balaban J connectivity index is 1.42. The van der Waals surface area contributed by atoms with Crippen LogP contribution in [0.1, 0.15) is 63.3 Å². The molecule has 270 valence electrons. The second-order valence-electron chi connectivity index (χ2n) is 12.3. The molecule has 3 aromatic rings. The molecule has 3 aliphatic rings. The number of pyridine rings is 2. The van der Waals surface area contributed by atoms with Crippen molar-refractivity contribution in [2.24, 2.45) is 0 Å². The van der Waals surface area contributed by atoms with Gasteiger partial charge in [-0.05, 0) is 42.7 Å². The molecule has 2 aromatic heterocycles. The van der Waals surface area contributed by atoms with E-state index >= 15 is 0 Å². The number of aryl methyl sites for hydroxylation is 1. The fourth-order valence-electron chi connectivity index (χ4n) is 6.93. The molecule has 0 radical (unpaired) electrons. The van der Waals surface area contributed by atoms with E-state index in [0.29, 0.717) is 28.7 Å². The first-order valence-corrected chi connectivity index (χ1v) is 16.3. The third kappa shape index (κ3) is 6.07. The van der Waals surface area contributed by atoms with Crippen LogP contribution in [0.3, 0.4) is 0 Å². The molecule has 16 heteroatoms. The molecule has 1 aromatic carbocycles. The van der Waals surface area contributed by atoms with Gasteiger partial charge < -0.3 is 42.8 Å². The summed E-state index contributed by atoms with van der Waals surface area (Å²) in [6.45, 7) is 6.77. The van der Waals surface area contributed by atoms with E-state index in [0.717, 1.165) is 39.0 Å². The number of ether oxygens (including phenoxy) is 7. The Morgan fingerprint density at radius 3 is 2.25 bits per heavy atom. The number of nitrogens with zero attached hydrogens (tertiary/aromatic N) is 2. The van der Waals surface area contributed by atoms with E-state index in [1.807, 2.05) is 6.92 Å². The molecule has 3 unspecified atom stereocenters. The predicted octanol–water partition coefficient (Wildman–Crippen LogP) is 1.71. The van der Waals surface area contributed by atoms with Gasteiger partial charge in [-0.2, -0.15) is 0 Å². The second-order valence-corrected chi connectivity index (χ2v) is 12.3. The highest BCUT2D eigenvalue weighted by atomic mass is 16.7. The minimum atomic E-state index is -1.97. The lowest BCUT2D eigenvalue weighted by molar-refractivity contribution is -0.282. The number of hydrogen-bond donors (Lipinski definition) is 1. The van der Waals surface area contributed by atoms with E-state index in [1.165, 1.54) is 0 Å². The molecule has 1 fully saturated rings. The van der Waals surface area contributed by atoms with E-state index in [1.54, 1.807) is 35.8 Å². The van der Waals surface area contributed by atoms with E-state index in [2.05, 4.69) is 0 Å². The normalized spacial score (nSPS) is 24.8. The van der Waals surface area contributed by atoms with Crippen LogP contribution in [0.25, 0.3) is 22.3 Å². The maximum atomic E-state index is 13.7. The number of aromatic nitrogens is 2. The summed E-state index contributed by atoms with van der Waals surface area (Å²) in [5.41, 5.74) is 1.16. The predicted molar refractivity (Wildman–Crippen MR) is 172 cm³/mol. The van der Waals surface area contributed by atoms with Gasteiger partial charge in [-0.1, -0.05) is 13.8 Å². The van der Waals surface area contributed by atoms with Gasteiger partial charge in [0.15, 0.2) is 23.9 Å². The minimum absolute atomic E-state index is 0.0121. The highest BCUT2D eigenvalue weighted by Gasteiger charge is 2.56. The van der Waals surface area contributed by atoms with Crippen molar-refractivity contribution in [3.05, 3.63) is 56.9 Å². The zero-order valence-electron chi connectivity index (χ0n) is 28.7. The number of cyclic esters (lactones) is 1. The van der Waals surface area contributed by atoms with Crippen LogP contribution in [0.2, 0.25) is 0 Å². The van der Waals surface area contributed by atoms with Gasteiger partial charge in [0, 0.05) is 37.3 Å². The molecule has 6 rings (SSSR count). The molecule has 0 aliphatic carbocycles. The van der Waals surface area contributed by atoms with Crippen LogP contribution >= 0.6 is 0 Å². The summed E-state index contributed by atoms with van der Waals surface area (Å²) in [5, 5.41) is 11.9. The summed E-state index contributed by atoms with van der Waals surface area (Å²) in [7, 11) is 1.09. The van der Waals surface area contributed by atoms with Crippen molar-refractivity contribution in [3.8, 4) is 17.1 Å². The van der Waals surface area contributed by atoms with Gasteiger partial charge in [-0.15, -0.1) is 0 Å². The number of carbonyl (C=O) groups is 5. The van der Waals surface area contributed by atoms with Gasteiger partial charge in [0.1, 0.15) is 12.4 Å². The van der Waals surface area contributed by atoms with E-state index in [9.17, 15) is 33.9 Å². The summed E-state index contributed by atoms with van der Waals surface area (Å²) in [4.78, 5) is 80.4. The van der Waals surface area contributed by atoms with Crippen LogP contribution in [0, 0.1) is 0 Å². The van der Waals surface area contributed by atoms with Crippen molar-refractivity contribution in [2.75, 3.05) is 7.11 Å². The summed E-state index contributed by atoms with van der Waals surface area (Å²) < 4.78 is 39.9. The second kappa shape index (κ2) is 13.4. The molecule has 16 nitrogen and oxygen atoms in total. The lowest BCUT2D eigenvalue weighted by Gasteiger charge is -2.43. The van der Waals surface area contributed by atoms with Gasteiger partial charge in [0.05, 0.1) is 36.1 Å². The summed E-state index contributed by atoms with van der Waals surface area (Å²) >= 11 is 0. The topological polar surface area (TPSA) is 205 Å². The van der Waals surface area contributed by atoms with Crippen LogP contribution < -0.4 is 10.3 Å². The largest absolute Gasteiger partial charge is 0.467 e. The zero-order chi connectivity index (χ0) is 36.9. The van der Waals surface area contributed by atoms with Crippen LogP contribution in [-0.2, 0) is 77.6 Å². The summed E-state index contributed by atoms with van der Waals surface area (Å²) in [5.74, 6) is -4.05. The smallest absolute Gasteiger partial charge is 0.343 e. The Morgan fingerprint density at radius 2 is 1.63 bits per heavy atom. The molecular formula is C35H36N2O14. The standard InChI is InChI=1S/C35H36N2O14/c1-7-19-20-11-18(50-33-30(49-17(5)40)28(48-16(4)39)27(47-15(3)38)29(51-33)32(42)45-6)9-10-24(20)36-26-21(19)13-37-25(26)12-23-22(31(37)41)14-46-34(43)35(23,44)8-2/h9-12,27-30,33,44H,7-8,13-14H2,1-6H3/t27-,28?,29?,30?,33+,35-/m0/s1. The fraction of sp³-hybridized carbons (Fsp3) is 0.457. The number of hydrogen-bond acceptors (Lipinski definition) is 15. The Labute approximate surface area is 290 Å². The fourth-order valence-corrected chi connectivity index (χ4v) is 6.93. The van der Waals surface area contributed by atoms with Gasteiger partial charge in [0.2, 0.25) is 12.4 Å². The Kier molecular flexibility index (Phi) is 9.33. The number of methoxy groups -OCH3 is 1. The van der Waals surface area contributed by atoms with Crippen molar-refractivity contribution in [2.45, 2.75) is 96.9 Å². The van der Waals surface area contributed by atoms with Crippen molar-refractivity contribution < 1.29 is 62.2 Å². The highest BCUT2D eigenvalue weighted by molar-refractivity contribution is 5.90. The first kappa shape index (κ1) is 35.5. The molecular weight excluding hydrogens is 672 g/mol. The monoisotopic (exact) mass is 708 g/mol. The van der Waals surface area contributed by atoms with Crippen LogP contribution in [0.5, 0.6) is 5.75 Å². The van der Waals surface area contributed by atoms with Gasteiger partial charge in [-0.3, -0.25) is 19.2 Å². The van der Waals surface area contributed by atoms with Crippen molar-refractivity contribution in [1.29, 1.82) is 0 Å². The molecule has 1 N–H and O–H groups in total. The molecule has 1 saturated heterocycles. The van der Waals surface area contributed by atoms with Crippen LogP contribution in [0.15, 0.2) is 29.1 Å². The molecule has 6 atom stereocenters. The molecule has 0 spiro atoms. The SMILES string of the molecule is CCc1c2c(nc3ccc(O[C@@H]4OC(C(=O)OC)[C@@H](OC(C)=O)C(OC(C)=O)C4OC(C)=O)cc13)-c1cc3c(c(=O)n1C2)COC(=O)[C@]3(O)CC. The van der Waals surface area contributed by atoms with Crippen LogP contribution in [0.4, 0.5) is 0 Å². The molecule has 0 bridgehead atoms. The summed E-state index contributed by atoms with van der Waals surface area (Å²) in [6, 6.07) is 6.52. The van der Waals surface area contributed by atoms with Gasteiger partial charge >= 0.3 is 29.8 Å². The first-order chi connectivity index (χ1) is 24.2. The van der Waals surface area contributed by atoms with E-state index in [-0.39, 0.29) is 36.4 Å². The van der Waals surface area contributed by atoms with Crippen molar-refractivity contribution in [3.63, 3.8) is 0 Å². The average molecular weight is 709 g/mol. The van der Waals surface area contributed by atoms with Crippen molar-refractivity contribution >= 4 is 40.7 Å². The zero-order valence-corrected chi connectivity index (χ0v) is 28.7. The number of fused-ring (bicyclic) bond motifs is 5. The average Bonchev–Trinajstić information content (AvgIpc) is 3.45. The number of esters is 5. The molecule has 5 heterocycles. The summed E-state index contributed by atoms with van der Waals surface area (Å²) in [6.07, 6.45) is -7.25. The first-order valence-electron chi connectivity index (χ1n) is 16.3. The highest BCUT2D eigenvalue weighted by Crippen LogP contribution is 2.41. The number of aliphatic hydroxyl groups is 1. The third-order valence-corrected chi connectivity index (χ3v) is 9.22. The Bertz CT molecular complexity index is 2040. The quantitative estimate of drug-likeness (QED) is 0.204. The number of rotatable bonds is 8. The third-order valence-electron chi connectivity index (χ3n) is 9.22. The van der Waals surface area contributed by atoms with Gasteiger partial charge in [0.25, 0.3) is 5.56 Å². The maximum Gasteiger partial charge on any atom is 0.343 e. The van der Waals surface area contributed by atoms with Crippen LogP contribution in [-0.4, -0.2) is 82.3 Å². The van der Waals surface area contributed by atoms with E-state index in [4.69, 9.17) is 38.1 Å². The van der Waals surface area contributed by atoms with Crippen molar-refractivity contribution in [1.82, 2.24) is 9.55 Å². The molecule has 0 saturated carbocycles. The number of carbonyl (C=O) groups excluding carboxylic acids is 5.